The van der Waals surface area contributed by atoms with Crippen LogP contribution in [0.2, 0.25) is 0 Å². The summed E-state index contributed by atoms with van der Waals surface area (Å²) in [7, 11) is 0. The first-order chi connectivity index (χ1) is 7.25. The van der Waals surface area contributed by atoms with Gasteiger partial charge < -0.3 is 5.11 Å². The van der Waals surface area contributed by atoms with Crippen molar-refractivity contribution in [3.8, 4) is 0 Å². The number of aliphatic hydroxyl groups is 1. The lowest BCUT2D eigenvalue weighted by Gasteiger charge is -2.32. The summed E-state index contributed by atoms with van der Waals surface area (Å²) >= 11 is 0. The molecule has 1 aromatic rings. The minimum absolute atomic E-state index is 0.153. The van der Waals surface area contributed by atoms with Gasteiger partial charge in [-0.05, 0) is 44.8 Å². The van der Waals surface area contributed by atoms with E-state index in [9.17, 15) is 5.11 Å². The number of aromatic nitrogens is 2. The van der Waals surface area contributed by atoms with Crippen LogP contribution in [-0.2, 0) is 6.54 Å². The average Bonchev–Trinajstić information content (AvgIpc) is 2.71. The van der Waals surface area contributed by atoms with Crippen LogP contribution in [0.3, 0.4) is 0 Å². The molecule has 0 radical (unpaired) electrons. The fraction of sp³-hybridized carbons (Fsp3) is 0.727. The SMILES string of the molecule is CC(O)C1CCN(Cc2ccn[nH]2)CC1. The van der Waals surface area contributed by atoms with Crippen LogP contribution in [0.1, 0.15) is 25.5 Å². The predicted molar refractivity (Wildman–Crippen MR) is 58.3 cm³/mol. The second-order valence-corrected chi connectivity index (χ2v) is 4.44. The van der Waals surface area contributed by atoms with E-state index in [-0.39, 0.29) is 6.10 Å². The van der Waals surface area contributed by atoms with E-state index < -0.39 is 0 Å². The highest BCUT2D eigenvalue weighted by molar-refractivity contribution is 4.97. The van der Waals surface area contributed by atoms with Gasteiger partial charge in [0.2, 0.25) is 0 Å². The molecule has 1 saturated heterocycles. The van der Waals surface area contributed by atoms with Crippen LogP contribution in [0.15, 0.2) is 12.3 Å². The molecular weight excluding hydrogens is 190 g/mol. The lowest BCUT2D eigenvalue weighted by Crippen LogP contribution is -2.36. The minimum atomic E-state index is -0.153. The molecule has 2 rings (SSSR count). The van der Waals surface area contributed by atoms with Crippen molar-refractivity contribution >= 4 is 0 Å². The molecule has 0 amide bonds. The minimum Gasteiger partial charge on any atom is -0.393 e. The van der Waals surface area contributed by atoms with E-state index in [1.165, 1.54) is 5.69 Å². The number of hydrogen-bond acceptors (Lipinski definition) is 3. The summed E-state index contributed by atoms with van der Waals surface area (Å²) in [4.78, 5) is 2.41. The molecule has 2 N–H and O–H groups in total. The Balaban J connectivity index is 1.79. The Kier molecular flexibility index (Phi) is 3.38. The molecule has 0 saturated carbocycles. The zero-order chi connectivity index (χ0) is 10.7. The highest BCUT2D eigenvalue weighted by Gasteiger charge is 2.22. The van der Waals surface area contributed by atoms with E-state index in [0.717, 1.165) is 32.5 Å². The highest BCUT2D eigenvalue weighted by Crippen LogP contribution is 2.21. The molecule has 84 valence electrons. The molecule has 1 atom stereocenters. The number of rotatable bonds is 3. The molecule has 0 aliphatic carbocycles. The summed E-state index contributed by atoms with van der Waals surface area (Å²) in [6.07, 6.45) is 3.84. The standard InChI is InChI=1S/C11H19N3O/c1-9(15)10-3-6-14(7-4-10)8-11-2-5-12-13-11/h2,5,9-10,15H,3-4,6-8H2,1H3,(H,12,13). The van der Waals surface area contributed by atoms with Gasteiger partial charge in [-0.15, -0.1) is 0 Å². The van der Waals surface area contributed by atoms with Crippen molar-refractivity contribution in [3.05, 3.63) is 18.0 Å². The first-order valence-corrected chi connectivity index (χ1v) is 5.64. The predicted octanol–water partition coefficient (Wildman–Crippen LogP) is 1.00. The highest BCUT2D eigenvalue weighted by atomic mass is 16.3. The number of hydrogen-bond donors (Lipinski definition) is 2. The van der Waals surface area contributed by atoms with Crippen LogP contribution in [0.4, 0.5) is 0 Å². The molecule has 1 aromatic heterocycles. The van der Waals surface area contributed by atoms with E-state index in [0.29, 0.717) is 5.92 Å². The number of H-pyrrole nitrogens is 1. The van der Waals surface area contributed by atoms with Gasteiger partial charge in [0.1, 0.15) is 0 Å². The first kappa shape index (κ1) is 10.6. The molecule has 2 heterocycles. The molecule has 0 bridgehead atoms. The summed E-state index contributed by atoms with van der Waals surface area (Å²) in [6, 6.07) is 2.01. The third kappa shape index (κ3) is 2.79. The number of piperidine rings is 1. The van der Waals surface area contributed by atoms with Crippen molar-refractivity contribution in [2.45, 2.75) is 32.4 Å². The van der Waals surface area contributed by atoms with Gasteiger partial charge in [0, 0.05) is 18.4 Å². The fourth-order valence-electron chi connectivity index (χ4n) is 2.21. The maximum absolute atomic E-state index is 9.49. The van der Waals surface area contributed by atoms with E-state index in [4.69, 9.17) is 0 Å². The van der Waals surface area contributed by atoms with Gasteiger partial charge in [-0.25, -0.2) is 0 Å². The smallest absolute Gasteiger partial charge is 0.0541 e. The summed E-state index contributed by atoms with van der Waals surface area (Å²) in [6.45, 7) is 5.00. The van der Waals surface area contributed by atoms with Crippen molar-refractivity contribution in [1.82, 2.24) is 15.1 Å². The van der Waals surface area contributed by atoms with Crippen LogP contribution in [0, 0.1) is 5.92 Å². The van der Waals surface area contributed by atoms with Crippen LogP contribution in [0.5, 0.6) is 0 Å². The van der Waals surface area contributed by atoms with Gasteiger partial charge >= 0.3 is 0 Å². The van der Waals surface area contributed by atoms with E-state index in [2.05, 4.69) is 15.1 Å². The van der Waals surface area contributed by atoms with Gasteiger partial charge in [0.15, 0.2) is 0 Å². The van der Waals surface area contributed by atoms with Gasteiger partial charge in [0.05, 0.1) is 6.10 Å². The maximum Gasteiger partial charge on any atom is 0.0541 e. The summed E-state index contributed by atoms with van der Waals surface area (Å²) in [5.41, 5.74) is 1.17. The summed E-state index contributed by atoms with van der Waals surface area (Å²) in [5.74, 6) is 0.489. The Morgan fingerprint density at radius 2 is 2.33 bits per heavy atom. The van der Waals surface area contributed by atoms with E-state index >= 15 is 0 Å². The Morgan fingerprint density at radius 1 is 1.60 bits per heavy atom. The molecule has 1 aliphatic rings. The third-order valence-electron chi connectivity index (χ3n) is 3.27. The molecule has 1 unspecified atom stereocenters. The molecule has 1 fully saturated rings. The Bertz CT molecular complexity index is 276. The largest absolute Gasteiger partial charge is 0.393 e. The third-order valence-corrected chi connectivity index (χ3v) is 3.27. The lowest BCUT2D eigenvalue weighted by atomic mass is 9.92. The Morgan fingerprint density at radius 3 is 2.87 bits per heavy atom. The average molecular weight is 209 g/mol. The number of aromatic amines is 1. The van der Waals surface area contributed by atoms with Crippen molar-refractivity contribution < 1.29 is 5.11 Å². The van der Waals surface area contributed by atoms with Crippen LogP contribution in [-0.4, -0.2) is 39.4 Å². The number of nitrogens with one attached hydrogen (secondary N) is 1. The lowest BCUT2D eigenvalue weighted by molar-refractivity contribution is 0.0691. The molecule has 4 nitrogen and oxygen atoms in total. The van der Waals surface area contributed by atoms with Gasteiger partial charge in [-0.3, -0.25) is 10.00 Å². The fourth-order valence-corrected chi connectivity index (χ4v) is 2.21. The van der Waals surface area contributed by atoms with Crippen molar-refractivity contribution in [2.24, 2.45) is 5.92 Å². The zero-order valence-electron chi connectivity index (χ0n) is 9.19. The topological polar surface area (TPSA) is 52.1 Å². The quantitative estimate of drug-likeness (QED) is 0.781. The number of nitrogens with zero attached hydrogens (tertiary/aromatic N) is 2. The molecule has 15 heavy (non-hydrogen) atoms. The normalized spacial score (nSPS) is 21.7. The second kappa shape index (κ2) is 4.77. The van der Waals surface area contributed by atoms with Crippen LogP contribution >= 0.6 is 0 Å². The maximum atomic E-state index is 9.49. The van der Waals surface area contributed by atoms with Gasteiger partial charge in [0.25, 0.3) is 0 Å². The van der Waals surface area contributed by atoms with Gasteiger partial charge in [-0.2, -0.15) is 5.10 Å². The zero-order valence-corrected chi connectivity index (χ0v) is 9.19. The molecule has 0 aromatic carbocycles. The van der Waals surface area contributed by atoms with Crippen molar-refractivity contribution in [1.29, 1.82) is 0 Å². The Hall–Kier alpha value is -0.870. The summed E-state index contributed by atoms with van der Waals surface area (Å²) < 4.78 is 0. The summed E-state index contributed by atoms with van der Waals surface area (Å²) in [5, 5.41) is 16.4. The Labute approximate surface area is 90.3 Å². The molecular formula is C11H19N3O. The first-order valence-electron chi connectivity index (χ1n) is 5.64. The number of likely N-dealkylation sites (tertiary alicyclic amines) is 1. The van der Waals surface area contributed by atoms with E-state index in [1.54, 1.807) is 6.20 Å². The van der Waals surface area contributed by atoms with Crippen molar-refractivity contribution in [3.63, 3.8) is 0 Å². The number of aliphatic hydroxyl groups excluding tert-OH is 1. The van der Waals surface area contributed by atoms with Crippen LogP contribution in [0.25, 0.3) is 0 Å². The monoisotopic (exact) mass is 209 g/mol. The van der Waals surface area contributed by atoms with Crippen molar-refractivity contribution in [2.75, 3.05) is 13.1 Å². The molecule has 0 spiro atoms. The van der Waals surface area contributed by atoms with E-state index in [1.807, 2.05) is 13.0 Å². The van der Waals surface area contributed by atoms with Gasteiger partial charge in [-0.1, -0.05) is 0 Å². The molecule has 4 heteroatoms. The second-order valence-electron chi connectivity index (χ2n) is 4.44. The molecule has 1 aliphatic heterocycles. The van der Waals surface area contributed by atoms with Crippen LogP contribution < -0.4 is 0 Å².